The number of rotatable bonds is 6. The molecular weight excluding hydrogens is 340 g/mol. The van der Waals surface area contributed by atoms with Crippen LogP contribution >= 0.6 is 0 Å². The molecule has 0 amide bonds. The molecule has 1 aliphatic rings. The van der Waals surface area contributed by atoms with Gasteiger partial charge in [-0.3, -0.25) is 0 Å². The largest absolute Gasteiger partial charge is 0.514 e. The van der Waals surface area contributed by atoms with Crippen molar-refractivity contribution in [3.8, 4) is 17.2 Å². The van der Waals surface area contributed by atoms with E-state index in [2.05, 4.69) is 0 Å². The van der Waals surface area contributed by atoms with Gasteiger partial charge in [0, 0.05) is 0 Å². The van der Waals surface area contributed by atoms with Gasteiger partial charge in [0.25, 0.3) is 0 Å². The van der Waals surface area contributed by atoms with Crippen molar-refractivity contribution in [3.05, 3.63) is 59.9 Å². The third kappa shape index (κ3) is 3.83. The molecule has 2 aromatic rings. The highest BCUT2D eigenvalue weighted by molar-refractivity contribution is 5.75. The summed E-state index contributed by atoms with van der Waals surface area (Å²) in [5.41, 5.74) is 1.41. The van der Waals surface area contributed by atoms with Crippen LogP contribution in [0, 0.1) is 0 Å². The normalized spacial score (nSPS) is 12.5. The smallest absolute Gasteiger partial charge is 0.493 e. The predicted octanol–water partition coefficient (Wildman–Crippen LogP) is 3.72. The lowest BCUT2D eigenvalue weighted by Gasteiger charge is -2.16. The van der Waals surface area contributed by atoms with E-state index < -0.39 is 6.16 Å². The minimum atomic E-state index is -0.875. The Morgan fingerprint density at radius 2 is 1.85 bits per heavy atom. The minimum Gasteiger partial charge on any atom is -0.493 e. The van der Waals surface area contributed by atoms with E-state index in [0.717, 1.165) is 5.56 Å². The highest BCUT2D eigenvalue weighted by Gasteiger charge is 2.24. The van der Waals surface area contributed by atoms with Gasteiger partial charge in [-0.1, -0.05) is 30.3 Å². The van der Waals surface area contributed by atoms with E-state index in [1.807, 2.05) is 30.3 Å². The van der Waals surface area contributed by atoms with Crippen LogP contribution in [0.25, 0.3) is 5.76 Å². The van der Waals surface area contributed by atoms with E-state index in [4.69, 9.17) is 28.4 Å². The van der Waals surface area contributed by atoms with E-state index in [-0.39, 0.29) is 24.9 Å². The third-order valence-corrected chi connectivity index (χ3v) is 3.62. The van der Waals surface area contributed by atoms with Crippen molar-refractivity contribution < 1.29 is 33.2 Å². The van der Waals surface area contributed by atoms with Crippen LogP contribution < -0.4 is 14.2 Å². The van der Waals surface area contributed by atoms with Gasteiger partial charge in [0.2, 0.25) is 12.5 Å². The Morgan fingerprint density at radius 1 is 1.04 bits per heavy atom. The first-order chi connectivity index (χ1) is 12.7. The molecule has 2 aromatic carbocycles. The molecule has 1 aliphatic heterocycles. The highest BCUT2D eigenvalue weighted by atomic mass is 16.7. The molecule has 7 heteroatoms. The second-order valence-corrected chi connectivity index (χ2v) is 5.22. The Morgan fingerprint density at radius 3 is 2.50 bits per heavy atom. The molecule has 0 fully saturated rings. The van der Waals surface area contributed by atoms with Crippen LogP contribution in [0.15, 0.2) is 48.7 Å². The molecule has 0 bridgehead atoms. The van der Waals surface area contributed by atoms with Crippen LogP contribution in [0.2, 0.25) is 0 Å². The van der Waals surface area contributed by atoms with Crippen LogP contribution in [0.4, 0.5) is 4.79 Å². The van der Waals surface area contributed by atoms with E-state index in [1.54, 1.807) is 12.1 Å². The lowest BCUT2D eigenvalue weighted by Crippen LogP contribution is -2.12. The number of ether oxygens (including phenoxy) is 6. The van der Waals surface area contributed by atoms with Gasteiger partial charge in [-0.2, -0.15) is 0 Å². The average molecular weight is 358 g/mol. The molecule has 0 aromatic heterocycles. The zero-order valence-corrected chi connectivity index (χ0v) is 14.4. The van der Waals surface area contributed by atoms with Crippen LogP contribution in [-0.4, -0.2) is 27.2 Å². The molecule has 1 heterocycles. The Kier molecular flexibility index (Phi) is 5.48. The first kappa shape index (κ1) is 17.5. The lowest BCUT2D eigenvalue weighted by atomic mass is 10.1. The number of hydrogen-bond donors (Lipinski definition) is 0. The maximum atomic E-state index is 12.1. The average Bonchev–Trinajstić information content (AvgIpc) is 3.21. The van der Waals surface area contributed by atoms with Gasteiger partial charge < -0.3 is 28.4 Å². The van der Waals surface area contributed by atoms with E-state index in [0.29, 0.717) is 17.1 Å². The van der Waals surface area contributed by atoms with Gasteiger partial charge in [0.05, 0.1) is 19.8 Å². The van der Waals surface area contributed by atoms with Gasteiger partial charge in [0.15, 0.2) is 17.3 Å². The molecule has 0 saturated heterocycles. The second kappa shape index (κ2) is 8.15. The monoisotopic (exact) mass is 358 g/mol. The maximum Gasteiger partial charge on any atom is 0.514 e. The van der Waals surface area contributed by atoms with Crippen LogP contribution in [0.5, 0.6) is 17.2 Å². The summed E-state index contributed by atoms with van der Waals surface area (Å²) in [7, 11) is 2.92. The Balaban J connectivity index is 1.80. The van der Waals surface area contributed by atoms with Crippen molar-refractivity contribution in [1.82, 2.24) is 0 Å². The summed E-state index contributed by atoms with van der Waals surface area (Å²) >= 11 is 0. The van der Waals surface area contributed by atoms with Gasteiger partial charge in [0.1, 0.15) is 12.9 Å². The summed E-state index contributed by atoms with van der Waals surface area (Å²) in [4.78, 5) is 12.1. The van der Waals surface area contributed by atoms with Gasteiger partial charge in [-0.25, -0.2) is 4.79 Å². The molecule has 0 saturated carbocycles. The Bertz CT molecular complexity index is 799. The molecule has 0 unspecified atom stereocenters. The quantitative estimate of drug-likeness (QED) is 0.575. The maximum absolute atomic E-state index is 12.1. The molecule has 0 radical (unpaired) electrons. The highest BCUT2D eigenvalue weighted by Crippen LogP contribution is 2.43. The van der Waals surface area contributed by atoms with Crippen molar-refractivity contribution >= 4 is 11.9 Å². The Labute approximate surface area is 150 Å². The van der Waals surface area contributed by atoms with Gasteiger partial charge in [-0.05, 0) is 17.7 Å². The third-order valence-electron chi connectivity index (χ3n) is 3.62. The zero-order valence-electron chi connectivity index (χ0n) is 14.4. The van der Waals surface area contributed by atoms with Gasteiger partial charge >= 0.3 is 6.16 Å². The van der Waals surface area contributed by atoms with Crippen molar-refractivity contribution in [2.75, 3.05) is 21.0 Å². The molecule has 0 N–H and O–H groups in total. The molecule has 7 nitrogen and oxygen atoms in total. The topological polar surface area (TPSA) is 72.5 Å². The fraction of sp³-hybridized carbons (Fsp3) is 0.211. The van der Waals surface area contributed by atoms with Crippen molar-refractivity contribution in [2.24, 2.45) is 0 Å². The van der Waals surface area contributed by atoms with E-state index in [1.165, 1.54) is 20.5 Å². The predicted molar refractivity (Wildman–Crippen MR) is 91.8 cm³/mol. The number of hydrogen-bond acceptors (Lipinski definition) is 7. The van der Waals surface area contributed by atoms with Crippen LogP contribution in [0.3, 0.4) is 0 Å². The molecular formula is C19H18O7. The standard InChI is InChI=1S/C19H18O7/c1-21-15-9-8-14(16-11-23-12-25-16)17(22-2)18(15)26-19(20)24-10-13-6-4-3-5-7-13/h3-9,11H,10,12H2,1-2H3. The van der Waals surface area contributed by atoms with Crippen molar-refractivity contribution in [3.63, 3.8) is 0 Å². The summed E-state index contributed by atoms with van der Waals surface area (Å²) in [6.07, 6.45) is 0.585. The summed E-state index contributed by atoms with van der Waals surface area (Å²) in [5, 5.41) is 0. The number of carbonyl (C=O) groups is 1. The number of methoxy groups -OCH3 is 2. The Hall–Kier alpha value is -3.35. The van der Waals surface area contributed by atoms with Crippen molar-refractivity contribution in [2.45, 2.75) is 6.61 Å². The SMILES string of the molecule is COc1ccc(C2=COCO2)c(OC)c1OC(=O)OCc1ccccc1. The molecule has 0 spiro atoms. The second-order valence-electron chi connectivity index (χ2n) is 5.22. The summed E-state index contributed by atoms with van der Waals surface area (Å²) in [6, 6.07) is 12.7. The fourth-order valence-electron chi connectivity index (χ4n) is 2.41. The number of benzene rings is 2. The van der Waals surface area contributed by atoms with E-state index in [9.17, 15) is 4.79 Å². The minimum absolute atomic E-state index is 0.0894. The molecule has 3 rings (SSSR count). The molecule has 0 aliphatic carbocycles. The molecule has 26 heavy (non-hydrogen) atoms. The first-order valence-corrected chi connectivity index (χ1v) is 7.81. The summed E-state index contributed by atoms with van der Waals surface area (Å²) in [6.45, 7) is 0.200. The van der Waals surface area contributed by atoms with Crippen molar-refractivity contribution in [1.29, 1.82) is 0 Å². The van der Waals surface area contributed by atoms with Crippen LogP contribution in [0.1, 0.15) is 11.1 Å². The molecule has 0 atom stereocenters. The number of carbonyl (C=O) groups excluding carboxylic acids is 1. The first-order valence-electron chi connectivity index (χ1n) is 7.81. The van der Waals surface area contributed by atoms with Gasteiger partial charge in [-0.15, -0.1) is 0 Å². The van der Waals surface area contributed by atoms with E-state index >= 15 is 0 Å². The molecule has 136 valence electrons. The van der Waals surface area contributed by atoms with Crippen LogP contribution in [-0.2, 0) is 20.8 Å². The summed E-state index contributed by atoms with van der Waals surface area (Å²) < 4.78 is 31.6. The zero-order chi connectivity index (χ0) is 18.4. The lowest BCUT2D eigenvalue weighted by molar-refractivity contribution is 0.0901. The fourth-order valence-corrected chi connectivity index (χ4v) is 2.41. The summed E-state index contributed by atoms with van der Waals surface area (Å²) in [5.74, 6) is 1.16.